The molecule has 55 heavy (non-hydrogen) atoms. The van der Waals surface area contributed by atoms with Crippen LogP contribution in [0, 0.1) is 0 Å². The number of benzene rings is 10. The number of fused-ring (bicyclic) bond motifs is 7. The lowest BCUT2D eigenvalue weighted by molar-refractivity contribution is 0.669. The Bertz CT molecular complexity index is 3410. The van der Waals surface area contributed by atoms with Gasteiger partial charge in [-0.2, -0.15) is 0 Å². The maximum atomic E-state index is 6.32. The van der Waals surface area contributed by atoms with Crippen LogP contribution in [0.4, 0.5) is 17.1 Å². The van der Waals surface area contributed by atoms with Crippen molar-refractivity contribution in [3.8, 4) is 16.8 Å². The first kappa shape index (κ1) is 30.1. The van der Waals surface area contributed by atoms with Crippen molar-refractivity contribution in [2.45, 2.75) is 0 Å². The second-order valence-corrected chi connectivity index (χ2v) is 14.5. The first-order chi connectivity index (χ1) is 27.3. The third-order valence-corrected chi connectivity index (χ3v) is 11.5. The van der Waals surface area contributed by atoms with Gasteiger partial charge in [0, 0.05) is 55.7 Å². The molecule has 0 fully saturated rings. The second kappa shape index (κ2) is 11.6. The molecule has 0 aliphatic carbocycles. The molecule has 0 atom stereocenters. The van der Waals surface area contributed by atoms with Crippen molar-refractivity contribution < 1.29 is 4.42 Å². The van der Waals surface area contributed by atoms with Gasteiger partial charge in [-0.15, -0.1) is 0 Å². The predicted octanol–water partition coefficient (Wildman–Crippen LogP) is 14.7. The Morgan fingerprint density at radius 3 is 1.85 bits per heavy atom. The minimum absolute atomic E-state index is 0.881. The maximum absolute atomic E-state index is 6.32. The van der Waals surface area contributed by atoms with Crippen LogP contribution in [0.1, 0.15) is 0 Å². The van der Waals surface area contributed by atoms with E-state index in [-0.39, 0.29) is 0 Å². The molecule has 0 unspecified atom stereocenters. The van der Waals surface area contributed by atoms with Crippen molar-refractivity contribution in [2.75, 3.05) is 4.90 Å². The van der Waals surface area contributed by atoms with Crippen molar-refractivity contribution in [2.24, 2.45) is 0 Å². The van der Waals surface area contributed by atoms with Gasteiger partial charge in [-0.05, 0) is 105 Å². The summed E-state index contributed by atoms with van der Waals surface area (Å²) in [5.74, 6) is 0. The summed E-state index contributed by atoms with van der Waals surface area (Å²) < 4.78 is 8.77. The highest BCUT2D eigenvalue weighted by molar-refractivity contribution is 6.32. The van der Waals surface area contributed by atoms with E-state index in [0.29, 0.717) is 0 Å². The minimum Gasteiger partial charge on any atom is -0.456 e. The van der Waals surface area contributed by atoms with E-state index in [1.807, 2.05) is 12.1 Å². The van der Waals surface area contributed by atoms with Crippen molar-refractivity contribution in [3.63, 3.8) is 0 Å². The van der Waals surface area contributed by atoms with E-state index in [2.05, 4.69) is 191 Å². The van der Waals surface area contributed by atoms with Crippen LogP contribution < -0.4 is 4.90 Å². The molecule has 2 heterocycles. The fourth-order valence-corrected chi connectivity index (χ4v) is 9.09. The Morgan fingerprint density at radius 2 is 1.00 bits per heavy atom. The van der Waals surface area contributed by atoms with Gasteiger partial charge >= 0.3 is 0 Å². The Morgan fingerprint density at radius 1 is 0.382 bits per heavy atom. The molecule has 0 aliphatic heterocycles. The third kappa shape index (κ3) is 4.44. The van der Waals surface area contributed by atoms with Crippen molar-refractivity contribution in [1.82, 2.24) is 4.57 Å². The summed E-state index contributed by atoms with van der Waals surface area (Å²) in [5.41, 5.74) is 11.1. The molecule has 256 valence electrons. The molecule has 0 saturated heterocycles. The van der Waals surface area contributed by atoms with E-state index < -0.39 is 0 Å². The summed E-state index contributed by atoms with van der Waals surface area (Å²) in [6, 6.07) is 70.2. The molecule has 0 amide bonds. The first-order valence-corrected chi connectivity index (χ1v) is 18.8. The number of para-hydroxylation sites is 4. The number of rotatable bonds is 5. The molecule has 0 spiro atoms. The zero-order valence-electron chi connectivity index (χ0n) is 29.8. The van der Waals surface area contributed by atoms with Gasteiger partial charge in [0.25, 0.3) is 0 Å². The molecule has 0 aliphatic rings. The number of anilines is 3. The van der Waals surface area contributed by atoms with Crippen molar-refractivity contribution >= 4 is 93.1 Å². The monoisotopic (exact) mass is 700 g/mol. The van der Waals surface area contributed by atoms with E-state index in [0.717, 1.165) is 39.0 Å². The Kier molecular flexibility index (Phi) is 6.34. The molecule has 0 radical (unpaired) electrons. The molecular formula is C52H32N2O. The average Bonchev–Trinajstić information content (AvgIpc) is 3.79. The largest absolute Gasteiger partial charge is 0.456 e. The molecule has 3 nitrogen and oxygen atoms in total. The topological polar surface area (TPSA) is 21.3 Å². The standard InChI is InChI=1S/C52H32N2O/c1-3-11-36(12-4-1)53(39-26-30-43-42-16-8-10-18-48(42)55-49(43)32-39)38-24-19-33(20-25-38)40-27-21-34-22-29-45-51-35(23-28-44(40)50(34)51)31-46-41-15-7-9-17-47(41)54(52(45)46)37-13-5-2-6-14-37/h1-32H. The van der Waals surface area contributed by atoms with Crippen LogP contribution >= 0.6 is 0 Å². The summed E-state index contributed by atoms with van der Waals surface area (Å²) >= 11 is 0. The lowest BCUT2D eigenvalue weighted by Gasteiger charge is -2.25. The number of furan rings is 1. The molecule has 12 aromatic rings. The fraction of sp³-hybridized carbons (Fsp3) is 0. The van der Waals surface area contributed by atoms with E-state index >= 15 is 0 Å². The highest BCUT2D eigenvalue weighted by Crippen LogP contribution is 2.45. The van der Waals surface area contributed by atoms with Crippen molar-refractivity contribution in [3.05, 3.63) is 194 Å². The smallest absolute Gasteiger partial charge is 0.137 e. The van der Waals surface area contributed by atoms with Gasteiger partial charge in [-0.1, -0.05) is 121 Å². The Labute approximate surface area is 316 Å². The van der Waals surface area contributed by atoms with Crippen LogP contribution in [0.3, 0.4) is 0 Å². The number of hydrogen-bond donors (Lipinski definition) is 0. The summed E-state index contributed by atoms with van der Waals surface area (Å²) in [7, 11) is 0. The first-order valence-electron chi connectivity index (χ1n) is 18.8. The van der Waals surface area contributed by atoms with Crippen LogP contribution in [-0.4, -0.2) is 4.57 Å². The van der Waals surface area contributed by atoms with Crippen LogP contribution in [0.2, 0.25) is 0 Å². The van der Waals surface area contributed by atoms with Gasteiger partial charge < -0.3 is 13.9 Å². The highest BCUT2D eigenvalue weighted by atomic mass is 16.3. The molecule has 10 aromatic carbocycles. The zero-order valence-corrected chi connectivity index (χ0v) is 29.8. The van der Waals surface area contributed by atoms with Crippen LogP contribution in [-0.2, 0) is 0 Å². The lowest BCUT2D eigenvalue weighted by Crippen LogP contribution is -2.09. The predicted molar refractivity (Wildman–Crippen MR) is 232 cm³/mol. The fourth-order valence-electron chi connectivity index (χ4n) is 9.09. The van der Waals surface area contributed by atoms with E-state index in [9.17, 15) is 0 Å². The molecule has 2 aromatic heterocycles. The molecule has 0 saturated carbocycles. The zero-order chi connectivity index (χ0) is 36.0. The van der Waals surface area contributed by atoms with E-state index in [4.69, 9.17) is 4.42 Å². The lowest BCUT2D eigenvalue weighted by atomic mass is 9.89. The summed E-state index contributed by atoms with van der Waals surface area (Å²) in [6.07, 6.45) is 0. The van der Waals surface area contributed by atoms with E-state index in [1.165, 1.54) is 70.9 Å². The SMILES string of the molecule is c1ccc(N(c2ccc(-c3ccc4ccc5c6c(ccc3c46)cc3c4ccccc4n(-c4ccccc4)c35)cc2)c2ccc3c(c2)oc2ccccc23)cc1. The highest BCUT2D eigenvalue weighted by Gasteiger charge is 2.20. The van der Waals surface area contributed by atoms with Crippen LogP contribution in [0.5, 0.6) is 0 Å². The molecular weight excluding hydrogens is 669 g/mol. The van der Waals surface area contributed by atoms with Gasteiger partial charge in [0.1, 0.15) is 11.2 Å². The van der Waals surface area contributed by atoms with Gasteiger partial charge in [-0.25, -0.2) is 0 Å². The van der Waals surface area contributed by atoms with Gasteiger partial charge in [-0.3, -0.25) is 0 Å². The number of nitrogens with zero attached hydrogens (tertiary/aromatic N) is 2. The average molecular weight is 701 g/mol. The maximum Gasteiger partial charge on any atom is 0.137 e. The second-order valence-electron chi connectivity index (χ2n) is 14.5. The number of aromatic nitrogens is 1. The summed E-state index contributed by atoms with van der Waals surface area (Å²) in [6.45, 7) is 0. The Hall–Kier alpha value is -7.36. The van der Waals surface area contributed by atoms with E-state index in [1.54, 1.807) is 0 Å². The molecule has 12 rings (SSSR count). The van der Waals surface area contributed by atoms with Gasteiger partial charge in [0.15, 0.2) is 0 Å². The molecule has 3 heteroatoms. The summed E-state index contributed by atoms with van der Waals surface area (Å²) in [5, 5.41) is 12.5. The minimum atomic E-state index is 0.881. The number of hydrogen-bond acceptors (Lipinski definition) is 2. The van der Waals surface area contributed by atoms with Crippen LogP contribution in [0.15, 0.2) is 199 Å². The molecule has 0 N–H and O–H groups in total. The summed E-state index contributed by atoms with van der Waals surface area (Å²) in [4.78, 5) is 2.30. The van der Waals surface area contributed by atoms with Gasteiger partial charge in [0.05, 0.1) is 11.0 Å². The quantitative estimate of drug-likeness (QED) is 0.167. The van der Waals surface area contributed by atoms with Crippen LogP contribution in [0.25, 0.3) is 92.9 Å². The van der Waals surface area contributed by atoms with Gasteiger partial charge in [0.2, 0.25) is 0 Å². The third-order valence-electron chi connectivity index (χ3n) is 11.5. The van der Waals surface area contributed by atoms with Crippen molar-refractivity contribution in [1.29, 1.82) is 0 Å². The normalized spacial score (nSPS) is 12.0. The Balaban J connectivity index is 1.03. The molecule has 0 bridgehead atoms.